The first kappa shape index (κ1) is 14.0. The van der Waals surface area contributed by atoms with Crippen molar-refractivity contribution in [2.75, 3.05) is 0 Å². The van der Waals surface area contributed by atoms with Gasteiger partial charge in [-0.2, -0.15) is 0 Å². The molecule has 0 unspecified atom stereocenters. The van der Waals surface area contributed by atoms with E-state index in [9.17, 15) is 14.4 Å². The van der Waals surface area contributed by atoms with Crippen molar-refractivity contribution in [3.8, 4) is 0 Å². The van der Waals surface area contributed by atoms with Gasteiger partial charge in [0.05, 0.1) is 6.54 Å². The first-order chi connectivity index (χ1) is 9.49. The van der Waals surface area contributed by atoms with Crippen LogP contribution in [0, 0.1) is 0 Å². The third-order valence-electron chi connectivity index (χ3n) is 2.73. The lowest BCUT2D eigenvalue weighted by Crippen LogP contribution is -2.39. The molecule has 104 valence electrons. The van der Waals surface area contributed by atoms with Gasteiger partial charge in [-0.1, -0.05) is 0 Å². The fraction of sp³-hybridized carbons (Fsp3) is 0.154. The molecule has 0 radical (unpaired) electrons. The van der Waals surface area contributed by atoms with Gasteiger partial charge in [-0.15, -0.1) is 11.3 Å². The highest BCUT2D eigenvalue weighted by atomic mass is 32.1. The average molecular weight is 292 g/mol. The highest BCUT2D eigenvalue weighted by molar-refractivity contribution is 7.10. The number of thiophene rings is 1. The maximum Gasteiger partial charge on any atom is 0.328 e. The summed E-state index contributed by atoms with van der Waals surface area (Å²) in [6, 6.07) is 1.77. The maximum atomic E-state index is 11.8. The summed E-state index contributed by atoms with van der Waals surface area (Å²) >= 11 is 1.40. The van der Waals surface area contributed by atoms with Crippen LogP contribution in [0.25, 0.3) is 6.08 Å². The van der Waals surface area contributed by atoms with Gasteiger partial charge in [0.25, 0.3) is 0 Å². The molecule has 20 heavy (non-hydrogen) atoms. The zero-order valence-corrected chi connectivity index (χ0v) is 11.5. The molecule has 0 spiro atoms. The van der Waals surface area contributed by atoms with Crippen LogP contribution in [0.3, 0.4) is 0 Å². The fourth-order valence-electron chi connectivity index (χ4n) is 1.66. The first-order valence-electron chi connectivity index (χ1n) is 5.72. The van der Waals surface area contributed by atoms with Crippen LogP contribution in [0.2, 0.25) is 0 Å². The van der Waals surface area contributed by atoms with Crippen molar-refractivity contribution in [3.05, 3.63) is 61.1 Å². The molecule has 0 atom stereocenters. The molecule has 0 aromatic carbocycles. The Labute approximate surface area is 117 Å². The van der Waals surface area contributed by atoms with Crippen molar-refractivity contribution in [3.63, 3.8) is 0 Å². The van der Waals surface area contributed by atoms with Crippen molar-refractivity contribution in [2.24, 2.45) is 7.05 Å². The molecule has 0 saturated carbocycles. The molecule has 2 aromatic heterocycles. The van der Waals surface area contributed by atoms with Crippen LogP contribution in [-0.2, 0) is 18.4 Å². The van der Waals surface area contributed by atoms with E-state index in [2.05, 4.69) is 0 Å². The van der Waals surface area contributed by atoms with Gasteiger partial charge in [0.15, 0.2) is 0 Å². The summed E-state index contributed by atoms with van der Waals surface area (Å²) in [7, 11) is 1.51. The molecule has 0 aliphatic carbocycles. The molecule has 6 nitrogen and oxygen atoms in total. The van der Waals surface area contributed by atoms with E-state index >= 15 is 0 Å². The molecule has 7 heteroatoms. The van der Waals surface area contributed by atoms with Crippen molar-refractivity contribution in [1.29, 1.82) is 0 Å². The van der Waals surface area contributed by atoms with E-state index in [1.807, 2.05) is 5.38 Å². The minimum Gasteiger partial charge on any atom is -0.478 e. The summed E-state index contributed by atoms with van der Waals surface area (Å²) in [6.45, 7) is 0.242. The quantitative estimate of drug-likeness (QED) is 0.666. The van der Waals surface area contributed by atoms with Gasteiger partial charge < -0.3 is 14.2 Å². The van der Waals surface area contributed by atoms with E-state index in [1.165, 1.54) is 46.0 Å². The van der Waals surface area contributed by atoms with Gasteiger partial charge in [0, 0.05) is 30.4 Å². The molecule has 0 aliphatic rings. The molecule has 0 fully saturated rings. The van der Waals surface area contributed by atoms with Crippen molar-refractivity contribution < 1.29 is 9.90 Å². The molecule has 0 saturated heterocycles. The summed E-state index contributed by atoms with van der Waals surface area (Å²) in [6.07, 6.45) is 5.57. The lowest BCUT2D eigenvalue weighted by Gasteiger charge is -2.05. The number of rotatable bonds is 4. The Hall–Kier alpha value is -2.41. The number of carbonyl (C=O) groups is 1. The van der Waals surface area contributed by atoms with E-state index < -0.39 is 17.1 Å². The largest absolute Gasteiger partial charge is 0.478 e. The minimum absolute atomic E-state index is 0.242. The zero-order chi connectivity index (χ0) is 14.7. The van der Waals surface area contributed by atoms with Crippen molar-refractivity contribution >= 4 is 23.4 Å². The smallest absolute Gasteiger partial charge is 0.328 e. The minimum atomic E-state index is -1.03. The average Bonchev–Trinajstić information content (AvgIpc) is 2.84. The second-order valence-electron chi connectivity index (χ2n) is 4.12. The number of carboxylic acid groups (broad SMARTS) is 1. The number of aliphatic carboxylic acids is 1. The summed E-state index contributed by atoms with van der Waals surface area (Å²) in [5.41, 5.74) is -0.465. The molecule has 1 N–H and O–H groups in total. The molecule has 2 rings (SSSR count). The van der Waals surface area contributed by atoms with Gasteiger partial charge >= 0.3 is 17.1 Å². The standard InChI is InChI=1S/C13H12N2O4S/c1-14-5-6-15(13(19)12(14)18)8-10-9(4-7-20-10)2-3-11(16)17/h2-7H,8H2,1H3,(H,16,17). The highest BCUT2D eigenvalue weighted by Crippen LogP contribution is 2.19. The SMILES string of the molecule is Cn1ccn(Cc2sccc2C=CC(=O)O)c(=O)c1=O. The number of aryl methyl sites for hydroxylation is 1. The summed E-state index contributed by atoms with van der Waals surface area (Å²) in [4.78, 5) is 34.7. The Balaban J connectivity index is 2.35. The van der Waals surface area contributed by atoms with E-state index in [0.717, 1.165) is 16.5 Å². The third kappa shape index (κ3) is 2.94. The molecule has 2 aromatic rings. The van der Waals surface area contributed by atoms with Crippen LogP contribution < -0.4 is 11.1 Å². The monoisotopic (exact) mass is 292 g/mol. The molecule has 0 aliphatic heterocycles. The van der Waals surface area contributed by atoms with Gasteiger partial charge in [0.1, 0.15) is 0 Å². The van der Waals surface area contributed by atoms with Crippen LogP contribution in [0.1, 0.15) is 10.4 Å². The Bertz CT molecular complexity index is 782. The van der Waals surface area contributed by atoms with Gasteiger partial charge in [-0.3, -0.25) is 9.59 Å². The van der Waals surface area contributed by atoms with Gasteiger partial charge in [-0.25, -0.2) is 4.79 Å². The van der Waals surface area contributed by atoms with E-state index in [0.29, 0.717) is 0 Å². The Kier molecular flexibility index (Phi) is 3.99. The second-order valence-corrected chi connectivity index (χ2v) is 5.12. The predicted molar refractivity (Wildman–Crippen MR) is 76.0 cm³/mol. The molecule has 0 bridgehead atoms. The highest BCUT2D eigenvalue weighted by Gasteiger charge is 2.07. The fourth-order valence-corrected chi connectivity index (χ4v) is 2.52. The van der Waals surface area contributed by atoms with Crippen LogP contribution >= 0.6 is 11.3 Å². The normalized spacial score (nSPS) is 11.1. The Morgan fingerprint density at radius 2 is 2.10 bits per heavy atom. The number of hydrogen-bond donors (Lipinski definition) is 1. The number of carboxylic acids is 1. The molecular formula is C13H12N2O4S. The van der Waals surface area contributed by atoms with Gasteiger partial charge in [0.2, 0.25) is 0 Å². The van der Waals surface area contributed by atoms with Crippen LogP contribution in [0.4, 0.5) is 0 Å². The molecular weight excluding hydrogens is 280 g/mol. The van der Waals surface area contributed by atoms with E-state index in [-0.39, 0.29) is 6.54 Å². The second kappa shape index (κ2) is 5.70. The lowest BCUT2D eigenvalue weighted by atomic mass is 10.2. The van der Waals surface area contributed by atoms with Crippen LogP contribution in [-0.4, -0.2) is 20.2 Å². The number of aromatic nitrogens is 2. The molecule has 2 heterocycles. The number of nitrogens with zero attached hydrogens (tertiary/aromatic N) is 2. The zero-order valence-electron chi connectivity index (χ0n) is 10.6. The van der Waals surface area contributed by atoms with Gasteiger partial charge in [-0.05, 0) is 23.1 Å². The molecule has 0 amide bonds. The van der Waals surface area contributed by atoms with Crippen LogP contribution in [0.5, 0.6) is 0 Å². The van der Waals surface area contributed by atoms with E-state index in [4.69, 9.17) is 5.11 Å². The third-order valence-corrected chi connectivity index (χ3v) is 3.66. The summed E-state index contributed by atoms with van der Waals surface area (Å²) < 4.78 is 2.53. The Morgan fingerprint density at radius 3 is 2.80 bits per heavy atom. The topological polar surface area (TPSA) is 81.3 Å². The maximum absolute atomic E-state index is 11.8. The Morgan fingerprint density at radius 1 is 1.35 bits per heavy atom. The van der Waals surface area contributed by atoms with Crippen molar-refractivity contribution in [2.45, 2.75) is 6.54 Å². The first-order valence-corrected chi connectivity index (χ1v) is 6.60. The van der Waals surface area contributed by atoms with Crippen LogP contribution in [0.15, 0.2) is 39.5 Å². The number of hydrogen-bond acceptors (Lipinski definition) is 4. The van der Waals surface area contributed by atoms with Crippen molar-refractivity contribution in [1.82, 2.24) is 9.13 Å². The van der Waals surface area contributed by atoms with E-state index in [1.54, 1.807) is 6.07 Å². The summed E-state index contributed by atoms with van der Waals surface area (Å²) in [5.74, 6) is -1.03. The predicted octanol–water partition coefficient (Wildman–Crippen LogP) is 0.755. The lowest BCUT2D eigenvalue weighted by molar-refractivity contribution is -0.131. The summed E-state index contributed by atoms with van der Waals surface area (Å²) in [5, 5.41) is 10.4.